The minimum absolute atomic E-state index is 0.0831. The third-order valence-corrected chi connectivity index (χ3v) is 5.83. The Labute approximate surface area is 198 Å². The number of alkyl halides is 6. The Balaban J connectivity index is 3.02. The molecule has 0 aromatic heterocycles. The average Bonchev–Trinajstić information content (AvgIpc) is 2.66. The topological polar surface area (TPSA) is 105 Å². The third kappa shape index (κ3) is 4.81. The number of piperidine rings is 1. The molecule has 1 fully saturated rings. The normalized spacial score (nSPS) is 30.1. The first kappa shape index (κ1) is 28.4. The van der Waals surface area contributed by atoms with E-state index in [0.29, 0.717) is 5.32 Å². The summed E-state index contributed by atoms with van der Waals surface area (Å²) in [4.78, 5) is 25.4. The van der Waals surface area contributed by atoms with E-state index in [0.717, 1.165) is 18.2 Å². The Hall–Kier alpha value is -1.80. The van der Waals surface area contributed by atoms with E-state index in [1.807, 2.05) is 0 Å². The van der Waals surface area contributed by atoms with Crippen LogP contribution in [-0.4, -0.2) is 59.2 Å². The van der Waals surface area contributed by atoms with Gasteiger partial charge in [-0.2, -0.15) is 26.3 Å². The van der Waals surface area contributed by atoms with Crippen molar-refractivity contribution in [3.05, 3.63) is 33.8 Å². The molecule has 1 aromatic carbocycles. The minimum Gasteiger partial charge on any atom is -0.466 e. The fourth-order valence-electron chi connectivity index (χ4n) is 3.88. The molecular formula is C19H19Cl2F6NO6. The monoisotopic (exact) mass is 541 g/mol. The fourth-order valence-corrected chi connectivity index (χ4v) is 4.42. The molecular weight excluding hydrogens is 523 g/mol. The molecule has 0 bridgehead atoms. The second-order valence-electron chi connectivity index (χ2n) is 7.30. The summed E-state index contributed by atoms with van der Waals surface area (Å²) in [6.45, 7) is 1.33. The van der Waals surface area contributed by atoms with Gasteiger partial charge in [-0.3, -0.25) is 9.59 Å². The van der Waals surface area contributed by atoms with Crippen LogP contribution in [0.25, 0.3) is 0 Å². The summed E-state index contributed by atoms with van der Waals surface area (Å²) in [5, 5.41) is 21.2. The zero-order valence-corrected chi connectivity index (χ0v) is 18.9. The van der Waals surface area contributed by atoms with Gasteiger partial charge in [0, 0.05) is 16.0 Å². The standard InChI is InChI=1S/C19H19Cl2F6NO6/c1-3-33-14(29)12-11(9-6-5-8(20)7-10(9)21)13(15(30)34-4-2)17(32,19(25,26)27)28-16(12,31)18(22,23)24/h5-7,11-13,28,31-32H,3-4H2,1-2H3/t11?,12-,13+,16-,17-/m1/s1. The summed E-state index contributed by atoms with van der Waals surface area (Å²) >= 11 is 11.8. The first-order chi connectivity index (χ1) is 15.5. The summed E-state index contributed by atoms with van der Waals surface area (Å²) in [5.74, 6) is -12.1. The Kier molecular flexibility index (Phi) is 8.10. The number of carbonyl (C=O) groups excluding carboxylic acids is 2. The number of benzene rings is 1. The summed E-state index contributed by atoms with van der Waals surface area (Å²) in [7, 11) is 0. The van der Waals surface area contributed by atoms with Crippen LogP contribution in [0.3, 0.4) is 0 Å². The van der Waals surface area contributed by atoms with Crippen molar-refractivity contribution in [2.24, 2.45) is 11.8 Å². The number of hydrogen-bond acceptors (Lipinski definition) is 7. The van der Waals surface area contributed by atoms with Gasteiger partial charge in [-0.15, -0.1) is 0 Å². The lowest BCUT2D eigenvalue weighted by atomic mass is 9.64. The first-order valence-electron chi connectivity index (χ1n) is 9.62. The van der Waals surface area contributed by atoms with Crippen molar-refractivity contribution in [1.29, 1.82) is 0 Å². The lowest BCUT2D eigenvalue weighted by Gasteiger charge is -2.54. The molecule has 1 aromatic rings. The average molecular weight is 542 g/mol. The molecule has 7 nitrogen and oxygen atoms in total. The Morgan fingerprint density at radius 1 is 0.941 bits per heavy atom. The highest BCUT2D eigenvalue weighted by Gasteiger charge is 2.78. The zero-order valence-electron chi connectivity index (χ0n) is 17.4. The van der Waals surface area contributed by atoms with Crippen LogP contribution in [-0.2, 0) is 19.1 Å². The van der Waals surface area contributed by atoms with Crippen LogP contribution >= 0.6 is 23.2 Å². The van der Waals surface area contributed by atoms with Gasteiger partial charge in [-0.1, -0.05) is 29.3 Å². The smallest absolute Gasteiger partial charge is 0.432 e. The molecule has 1 aliphatic heterocycles. The van der Waals surface area contributed by atoms with Gasteiger partial charge in [0.2, 0.25) is 11.4 Å². The van der Waals surface area contributed by atoms with Crippen LogP contribution < -0.4 is 5.32 Å². The number of esters is 2. The van der Waals surface area contributed by atoms with E-state index in [1.165, 1.54) is 13.8 Å². The van der Waals surface area contributed by atoms with Gasteiger partial charge in [-0.25, -0.2) is 5.32 Å². The molecule has 0 amide bonds. The number of ether oxygens (including phenoxy) is 2. The Bertz CT molecular complexity index is 897. The van der Waals surface area contributed by atoms with E-state index in [4.69, 9.17) is 23.2 Å². The molecule has 1 heterocycles. The maximum Gasteiger partial charge on any atom is 0.432 e. The SMILES string of the molecule is CCOC(=O)[C@@H]1C(c2ccc(Cl)cc2Cl)[C@H](C(=O)OCC)[C@@](O)(C(F)(F)F)N[C@]1(O)C(F)(F)F. The molecule has 0 radical (unpaired) electrons. The van der Waals surface area contributed by atoms with Crippen LogP contribution in [0, 0.1) is 11.8 Å². The lowest BCUT2D eigenvalue weighted by molar-refractivity contribution is -0.376. The maximum atomic E-state index is 14.1. The van der Waals surface area contributed by atoms with Crippen LogP contribution in [0.15, 0.2) is 18.2 Å². The molecule has 3 N–H and O–H groups in total. The first-order valence-corrected chi connectivity index (χ1v) is 10.4. The molecule has 15 heteroatoms. The summed E-state index contributed by atoms with van der Waals surface area (Å²) < 4.78 is 93.6. The second kappa shape index (κ2) is 9.69. The van der Waals surface area contributed by atoms with Crippen molar-refractivity contribution in [3.63, 3.8) is 0 Å². The molecule has 5 atom stereocenters. The van der Waals surface area contributed by atoms with Crippen LogP contribution in [0.2, 0.25) is 10.0 Å². The van der Waals surface area contributed by atoms with Crippen LogP contribution in [0.5, 0.6) is 0 Å². The number of rotatable bonds is 5. The van der Waals surface area contributed by atoms with Crippen molar-refractivity contribution in [2.75, 3.05) is 13.2 Å². The largest absolute Gasteiger partial charge is 0.466 e. The lowest BCUT2D eigenvalue weighted by Crippen LogP contribution is -2.81. The van der Waals surface area contributed by atoms with Crippen molar-refractivity contribution < 1.29 is 55.6 Å². The van der Waals surface area contributed by atoms with Crippen molar-refractivity contribution >= 4 is 35.1 Å². The highest BCUT2D eigenvalue weighted by Crippen LogP contribution is 2.56. The van der Waals surface area contributed by atoms with Crippen LogP contribution in [0.4, 0.5) is 26.3 Å². The molecule has 0 aliphatic carbocycles. The van der Waals surface area contributed by atoms with Gasteiger partial charge in [-0.05, 0) is 31.5 Å². The quantitative estimate of drug-likeness (QED) is 0.387. The Morgan fingerprint density at radius 3 is 1.68 bits per heavy atom. The number of aliphatic hydroxyl groups is 2. The zero-order chi connectivity index (χ0) is 26.3. The van der Waals surface area contributed by atoms with Gasteiger partial charge >= 0.3 is 24.3 Å². The Morgan fingerprint density at radius 2 is 1.35 bits per heavy atom. The predicted molar refractivity (Wildman–Crippen MR) is 105 cm³/mol. The number of hydrogen-bond donors (Lipinski definition) is 3. The molecule has 192 valence electrons. The number of nitrogens with one attached hydrogen (secondary N) is 1. The van der Waals surface area contributed by atoms with Crippen molar-refractivity contribution in [3.8, 4) is 0 Å². The molecule has 1 saturated heterocycles. The molecule has 1 unspecified atom stereocenters. The minimum atomic E-state index is -5.99. The van der Waals surface area contributed by atoms with E-state index in [2.05, 4.69) is 9.47 Å². The van der Waals surface area contributed by atoms with Crippen molar-refractivity contribution in [1.82, 2.24) is 5.32 Å². The second-order valence-corrected chi connectivity index (χ2v) is 8.15. The third-order valence-electron chi connectivity index (χ3n) is 5.27. The fraction of sp³-hybridized carbons (Fsp3) is 0.579. The summed E-state index contributed by atoms with van der Waals surface area (Å²) in [5.41, 5.74) is -10.1. The van der Waals surface area contributed by atoms with Gasteiger partial charge < -0.3 is 19.7 Å². The van der Waals surface area contributed by atoms with Gasteiger partial charge in [0.05, 0.1) is 13.2 Å². The maximum absolute atomic E-state index is 14.1. The summed E-state index contributed by atoms with van der Waals surface area (Å²) in [6.07, 6.45) is -12.0. The molecule has 1 aliphatic rings. The molecule has 0 saturated carbocycles. The van der Waals surface area contributed by atoms with E-state index < -0.39 is 77.3 Å². The van der Waals surface area contributed by atoms with Gasteiger partial charge in [0.15, 0.2) is 0 Å². The van der Waals surface area contributed by atoms with Gasteiger partial charge in [0.25, 0.3) is 0 Å². The highest BCUT2D eigenvalue weighted by molar-refractivity contribution is 6.35. The van der Waals surface area contributed by atoms with E-state index >= 15 is 0 Å². The van der Waals surface area contributed by atoms with E-state index in [1.54, 1.807) is 0 Å². The molecule has 34 heavy (non-hydrogen) atoms. The summed E-state index contributed by atoms with van der Waals surface area (Å²) in [6, 6.07) is 2.82. The molecule has 0 spiro atoms. The number of halogens is 8. The molecule has 2 rings (SSSR count). The van der Waals surface area contributed by atoms with Crippen molar-refractivity contribution in [2.45, 2.75) is 43.6 Å². The van der Waals surface area contributed by atoms with Crippen LogP contribution in [0.1, 0.15) is 25.3 Å². The van der Waals surface area contributed by atoms with Gasteiger partial charge in [0.1, 0.15) is 11.8 Å². The number of carbonyl (C=O) groups is 2. The van der Waals surface area contributed by atoms with E-state index in [9.17, 15) is 46.1 Å². The van der Waals surface area contributed by atoms with E-state index in [-0.39, 0.29) is 5.02 Å². The predicted octanol–water partition coefficient (Wildman–Crippen LogP) is 3.54. The highest BCUT2D eigenvalue weighted by atomic mass is 35.5.